The molecule has 1 heterocycles. The first kappa shape index (κ1) is 36.1. The molecule has 0 radical (unpaired) electrons. The lowest BCUT2D eigenvalue weighted by Crippen LogP contribution is -2.40. The van der Waals surface area contributed by atoms with Crippen LogP contribution in [-0.2, 0) is 10.8 Å². The molecule has 2 aliphatic rings. The van der Waals surface area contributed by atoms with E-state index < -0.39 is 5.41 Å². The van der Waals surface area contributed by atoms with E-state index in [-0.39, 0.29) is 5.41 Å². The lowest BCUT2D eigenvalue weighted by Gasteiger charge is -2.46. The molecule has 12 rings (SSSR count). The molecule has 0 aliphatic heterocycles. The van der Waals surface area contributed by atoms with Gasteiger partial charge in [0.15, 0.2) is 17.5 Å². The summed E-state index contributed by atoms with van der Waals surface area (Å²) in [5, 5.41) is 2.41. The van der Waals surface area contributed by atoms with Crippen molar-refractivity contribution in [2.75, 3.05) is 0 Å². The van der Waals surface area contributed by atoms with Crippen LogP contribution in [0.1, 0.15) is 47.2 Å². The first-order valence-electron chi connectivity index (χ1n) is 21.4. The van der Waals surface area contributed by atoms with Crippen LogP contribution in [0.2, 0.25) is 0 Å². The summed E-state index contributed by atoms with van der Waals surface area (Å²) in [4.78, 5) is 15.2. The Morgan fingerprint density at radius 3 is 1.45 bits per heavy atom. The van der Waals surface area contributed by atoms with Crippen molar-refractivity contribution < 1.29 is 0 Å². The molecule has 1 spiro atoms. The average molecular weight is 792 g/mol. The third kappa shape index (κ3) is 5.34. The molecular formula is C59H41N3. The summed E-state index contributed by atoms with van der Waals surface area (Å²) in [6.07, 6.45) is 0. The van der Waals surface area contributed by atoms with Gasteiger partial charge in [0.1, 0.15) is 0 Å². The number of rotatable bonds is 5. The maximum atomic E-state index is 5.10. The molecule has 0 saturated heterocycles. The van der Waals surface area contributed by atoms with Gasteiger partial charge in [0.25, 0.3) is 0 Å². The summed E-state index contributed by atoms with van der Waals surface area (Å²) in [7, 11) is 0. The minimum atomic E-state index is -0.485. The zero-order valence-corrected chi connectivity index (χ0v) is 34.5. The van der Waals surface area contributed by atoms with Crippen molar-refractivity contribution in [1.82, 2.24) is 15.0 Å². The fourth-order valence-electron chi connectivity index (χ4n) is 10.6. The largest absolute Gasteiger partial charge is 0.208 e. The van der Waals surface area contributed by atoms with Crippen molar-refractivity contribution in [2.45, 2.75) is 24.7 Å². The molecule has 0 amide bonds. The predicted octanol–water partition coefficient (Wildman–Crippen LogP) is 14.4. The molecule has 0 unspecified atom stereocenters. The molecule has 0 atom stereocenters. The van der Waals surface area contributed by atoms with E-state index in [0.29, 0.717) is 17.5 Å². The van der Waals surface area contributed by atoms with Crippen LogP contribution < -0.4 is 0 Å². The van der Waals surface area contributed by atoms with Crippen molar-refractivity contribution in [1.29, 1.82) is 0 Å². The molecule has 0 bridgehead atoms. The number of fused-ring (bicyclic) bond motifs is 10. The van der Waals surface area contributed by atoms with Crippen LogP contribution in [0.15, 0.2) is 212 Å². The molecule has 2 aliphatic carbocycles. The highest BCUT2D eigenvalue weighted by molar-refractivity contribution is 6.05. The van der Waals surface area contributed by atoms with E-state index in [9.17, 15) is 0 Å². The van der Waals surface area contributed by atoms with Gasteiger partial charge in [0, 0.05) is 22.1 Å². The summed E-state index contributed by atoms with van der Waals surface area (Å²) in [5.74, 6) is 1.93. The quantitative estimate of drug-likeness (QED) is 0.174. The van der Waals surface area contributed by atoms with Crippen LogP contribution in [0.25, 0.3) is 78.3 Å². The zero-order valence-electron chi connectivity index (χ0n) is 34.5. The van der Waals surface area contributed by atoms with Gasteiger partial charge in [0.2, 0.25) is 0 Å². The number of hydrogen-bond donors (Lipinski definition) is 0. The second kappa shape index (κ2) is 13.9. The van der Waals surface area contributed by atoms with E-state index in [1.54, 1.807) is 0 Å². The minimum absolute atomic E-state index is 0.163. The smallest absolute Gasteiger partial charge is 0.164 e. The van der Waals surface area contributed by atoms with Crippen molar-refractivity contribution in [3.63, 3.8) is 0 Å². The van der Waals surface area contributed by atoms with Gasteiger partial charge in [-0.2, -0.15) is 0 Å². The lowest BCUT2D eigenvalue weighted by atomic mass is 9.55. The third-order valence-corrected chi connectivity index (χ3v) is 13.4. The van der Waals surface area contributed by atoms with Crippen LogP contribution in [0.3, 0.4) is 0 Å². The van der Waals surface area contributed by atoms with Crippen LogP contribution in [-0.4, -0.2) is 15.0 Å². The molecule has 9 aromatic carbocycles. The van der Waals surface area contributed by atoms with Gasteiger partial charge in [-0.05, 0) is 89.7 Å². The monoisotopic (exact) mass is 791 g/mol. The molecular weight excluding hydrogens is 751 g/mol. The average Bonchev–Trinajstić information content (AvgIpc) is 3.63. The van der Waals surface area contributed by atoms with E-state index in [1.165, 1.54) is 66.4 Å². The second-order valence-corrected chi connectivity index (χ2v) is 17.1. The summed E-state index contributed by atoms with van der Waals surface area (Å²) < 4.78 is 0. The number of aromatic nitrogens is 3. The lowest BCUT2D eigenvalue weighted by molar-refractivity contribution is 0.563. The molecule has 62 heavy (non-hydrogen) atoms. The SMILES string of the molecule is CC1(C)c2ccccc2C2(c3ccccc3-c3ccc(-c4c(-c5cccc(-c6nc(-c7ccccc7)nc(-c7ccccc7)n6)c5)ccc5ccccc45)cc32)c2ccccc21. The topological polar surface area (TPSA) is 38.7 Å². The highest BCUT2D eigenvalue weighted by Gasteiger charge is 2.53. The van der Waals surface area contributed by atoms with Crippen LogP contribution in [0.5, 0.6) is 0 Å². The van der Waals surface area contributed by atoms with E-state index in [0.717, 1.165) is 27.8 Å². The molecule has 0 N–H and O–H groups in total. The third-order valence-electron chi connectivity index (χ3n) is 13.4. The normalized spacial score (nSPS) is 13.9. The standard InChI is InChI=1S/C59H41N3/c1-58(2)49-28-13-15-30-51(49)59(52-31-16-14-29-50(52)58)48-27-12-11-26-46(48)47-35-33-42(37-53(47)59)54-44-25-10-9-18-38(44)32-34-45(54)41-23-17-24-43(36-41)57-61-55(39-19-5-3-6-20-39)60-56(62-57)40-21-7-4-8-22-40/h3-37H,1-2H3. The van der Waals surface area contributed by atoms with Gasteiger partial charge in [-0.3, -0.25) is 0 Å². The predicted molar refractivity (Wildman–Crippen MR) is 254 cm³/mol. The van der Waals surface area contributed by atoms with E-state index >= 15 is 0 Å². The van der Waals surface area contributed by atoms with Gasteiger partial charge in [-0.15, -0.1) is 0 Å². The van der Waals surface area contributed by atoms with Crippen LogP contribution in [0, 0.1) is 0 Å². The summed E-state index contributed by atoms with van der Waals surface area (Å²) >= 11 is 0. The van der Waals surface area contributed by atoms with E-state index in [4.69, 9.17) is 15.0 Å². The van der Waals surface area contributed by atoms with Crippen molar-refractivity contribution >= 4 is 10.8 Å². The van der Waals surface area contributed by atoms with Crippen LogP contribution >= 0.6 is 0 Å². The highest BCUT2D eigenvalue weighted by Crippen LogP contribution is 2.62. The number of nitrogens with zero attached hydrogens (tertiary/aromatic N) is 3. The van der Waals surface area contributed by atoms with Gasteiger partial charge in [0.05, 0.1) is 5.41 Å². The van der Waals surface area contributed by atoms with Crippen molar-refractivity contribution in [2.24, 2.45) is 0 Å². The van der Waals surface area contributed by atoms with Gasteiger partial charge in [-0.1, -0.05) is 214 Å². The Balaban J connectivity index is 1.09. The maximum absolute atomic E-state index is 5.10. The Bertz CT molecular complexity index is 3280. The molecule has 3 nitrogen and oxygen atoms in total. The first-order valence-corrected chi connectivity index (χ1v) is 21.4. The molecule has 1 aromatic heterocycles. The molecule has 0 saturated carbocycles. The van der Waals surface area contributed by atoms with Crippen molar-refractivity contribution in [3.05, 3.63) is 246 Å². The zero-order chi connectivity index (χ0) is 41.4. The summed E-state index contributed by atoms with van der Waals surface area (Å²) in [6.45, 7) is 4.77. The van der Waals surface area contributed by atoms with Crippen molar-refractivity contribution in [3.8, 4) is 67.5 Å². The number of hydrogen-bond acceptors (Lipinski definition) is 3. The first-order chi connectivity index (χ1) is 30.5. The van der Waals surface area contributed by atoms with Gasteiger partial charge in [-0.25, -0.2) is 15.0 Å². The number of benzene rings is 9. The van der Waals surface area contributed by atoms with E-state index in [2.05, 4.69) is 190 Å². The fourth-order valence-corrected chi connectivity index (χ4v) is 10.6. The molecule has 10 aromatic rings. The summed E-state index contributed by atoms with van der Waals surface area (Å²) in [6, 6.07) is 77.0. The Morgan fingerprint density at radius 2 is 0.790 bits per heavy atom. The molecule has 0 fully saturated rings. The minimum Gasteiger partial charge on any atom is -0.208 e. The molecule has 3 heteroatoms. The molecule has 292 valence electrons. The van der Waals surface area contributed by atoms with Crippen LogP contribution in [0.4, 0.5) is 0 Å². The summed E-state index contributed by atoms with van der Waals surface area (Å²) in [5.41, 5.74) is 17.5. The fraction of sp³-hybridized carbons (Fsp3) is 0.0678. The Kier molecular flexibility index (Phi) is 8.10. The maximum Gasteiger partial charge on any atom is 0.164 e. The van der Waals surface area contributed by atoms with Gasteiger partial charge >= 0.3 is 0 Å². The highest BCUT2D eigenvalue weighted by atomic mass is 15.0. The van der Waals surface area contributed by atoms with Gasteiger partial charge < -0.3 is 0 Å². The Hall–Kier alpha value is -7.75. The van der Waals surface area contributed by atoms with E-state index in [1.807, 2.05) is 36.4 Å². The Labute approximate surface area is 362 Å². The second-order valence-electron chi connectivity index (χ2n) is 17.1. The Morgan fingerprint density at radius 1 is 0.306 bits per heavy atom.